The van der Waals surface area contributed by atoms with Crippen LogP contribution in [0.15, 0.2) is 24.3 Å². The molecular formula is C15H23NO. The summed E-state index contributed by atoms with van der Waals surface area (Å²) in [5.41, 5.74) is 2.17. The van der Waals surface area contributed by atoms with Crippen molar-refractivity contribution in [2.45, 2.75) is 46.5 Å². The maximum atomic E-state index is 11.8. The molecule has 0 aliphatic heterocycles. The van der Waals surface area contributed by atoms with E-state index in [0.717, 1.165) is 24.9 Å². The monoisotopic (exact) mass is 233 g/mol. The van der Waals surface area contributed by atoms with Crippen LogP contribution < -0.4 is 5.32 Å². The highest BCUT2D eigenvalue weighted by atomic mass is 16.1. The van der Waals surface area contributed by atoms with Crippen molar-refractivity contribution in [3.05, 3.63) is 29.8 Å². The van der Waals surface area contributed by atoms with Gasteiger partial charge in [0.2, 0.25) is 5.91 Å². The second-order valence-corrected chi connectivity index (χ2v) is 4.70. The Balaban J connectivity index is 2.49. The van der Waals surface area contributed by atoms with Gasteiger partial charge < -0.3 is 5.32 Å². The zero-order chi connectivity index (χ0) is 12.7. The Labute approximate surface area is 104 Å². The third-order valence-corrected chi connectivity index (χ3v) is 2.93. The number of carbonyl (C=O) groups excluding carboxylic acids is 1. The van der Waals surface area contributed by atoms with Gasteiger partial charge in [0, 0.05) is 12.1 Å². The summed E-state index contributed by atoms with van der Waals surface area (Å²) in [6.45, 7) is 6.40. The molecule has 2 nitrogen and oxygen atoms in total. The van der Waals surface area contributed by atoms with Crippen LogP contribution in [0.25, 0.3) is 0 Å². The van der Waals surface area contributed by atoms with Gasteiger partial charge in [0.05, 0.1) is 0 Å². The molecule has 0 saturated carbocycles. The summed E-state index contributed by atoms with van der Waals surface area (Å²) in [6, 6.07) is 8.06. The summed E-state index contributed by atoms with van der Waals surface area (Å²) < 4.78 is 0. The van der Waals surface area contributed by atoms with Crippen molar-refractivity contribution in [2.24, 2.45) is 5.92 Å². The molecule has 2 heteroatoms. The Morgan fingerprint density at radius 1 is 1.35 bits per heavy atom. The van der Waals surface area contributed by atoms with Crippen LogP contribution in [0.4, 0.5) is 5.69 Å². The second kappa shape index (κ2) is 7.10. The Morgan fingerprint density at radius 3 is 2.76 bits per heavy atom. The topological polar surface area (TPSA) is 29.1 Å². The molecule has 1 aromatic rings. The summed E-state index contributed by atoms with van der Waals surface area (Å²) in [7, 11) is 0. The molecule has 1 unspecified atom stereocenters. The third-order valence-electron chi connectivity index (χ3n) is 2.93. The van der Waals surface area contributed by atoms with E-state index in [2.05, 4.69) is 32.2 Å². The molecule has 17 heavy (non-hydrogen) atoms. The van der Waals surface area contributed by atoms with E-state index < -0.39 is 0 Å². The number of benzene rings is 1. The van der Waals surface area contributed by atoms with Crippen LogP contribution in [0.2, 0.25) is 0 Å². The predicted molar refractivity (Wildman–Crippen MR) is 73.1 cm³/mol. The smallest absolute Gasteiger partial charge is 0.224 e. The Kier molecular flexibility index (Phi) is 5.75. The van der Waals surface area contributed by atoms with Crippen LogP contribution in [0, 0.1) is 5.92 Å². The van der Waals surface area contributed by atoms with Gasteiger partial charge in [0.25, 0.3) is 0 Å². The minimum absolute atomic E-state index is 0.124. The zero-order valence-electron chi connectivity index (χ0n) is 11.1. The van der Waals surface area contributed by atoms with Crippen molar-refractivity contribution in [3.8, 4) is 0 Å². The van der Waals surface area contributed by atoms with E-state index in [-0.39, 0.29) is 5.91 Å². The lowest BCUT2D eigenvalue weighted by atomic mass is 10.0. The van der Waals surface area contributed by atoms with Crippen LogP contribution in [0.1, 0.15) is 45.6 Å². The number of aryl methyl sites for hydroxylation is 1. The molecular weight excluding hydrogens is 210 g/mol. The fourth-order valence-electron chi connectivity index (χ4n) is 1.99. The first-order valence-corrected chi connectivity index (χ1v) is 6.54. The van der Waals surface area contributed by atoms with Crippen molar-refractivity contribution in [3.63, 3.8) is 0 Å². The lowest BCUT2D eigenvalue weighted by molar-refractivity contribution is -0.117. The largest absolute Gasteiger partial charge is 0.326 e. The Morgan fingerprint density at radius 2 is 2.12 bits per heavy atom. The van der Waals surface area contributed by atoms with Gasteiger partial charge in [0.15, 0.2) is 0 Å². The molecule has 0 bridgehead atoms. The first kappa shape index (κ1) is 13.8. The van der Waals surface area contributed by atoms with Crippen molar-refractivity contribution >= 4 is 11.6 Å². The molecule has 0 fully saturated rings. The maximum absolute atomic E-state index is 11.8. The highest BCUT2D eigenvalue weighted by Crippen LogP contribution is 2.14. The van der Waals surface area contributed by atoms with Crippen LogP contribution >= 0.6 is 0 Å². The van der Waals surface area contributed by atoms with Gasteiger partial charge in [-0.15, -0.1) is 0 Å². The number of carbonyl (C=O) groups is 1. The number of hydrogen-bond acceptors (Lipinski definition) is 1. The highest BCUT2D eigenvalue weighted by molar-refractivity contribution is 5.90. The van der Waals surface area contributed by atoms with Crippen molar-refractivity contribution in [2.75, 3.05) is 5.32 Å². The molecule has 94 valence electrons. The molecule has 0 spiro atoms. The van der Waals surface area contributed by atoms with E-state index in [1.807, 2.05) is 18.2 Å². The number of anilines is 1. The summed E-state index contributed by atoms with van der Waals surface area (Å²) in [5, 5.41) is 2.97. The molecule has 0 radical (unpaired) electrons. The molecule has 0 heterocycles. The molecule has 0 aliphatic carbocycles. The van der Waals surface area contributed by atoms with E-state index >= 15 is 0 Å². The van der Waals surface area contributed by atoms with Gasteiger partial charge in [-0.3, -0.25) is 4.79 Å². The number of hydrogen-bond donors (Lipinski definition) is 1. The van der Waals surface area contributed by atoms with E-state index in [1.165, 1.54) is 5.56 Å². The molecule has 0 aliphatic rings. The average Bonchev–Trinajstić information content (AvgIpc) is 2.29. The lowest BCUT2D eigenvalue weighted by Gasteiger charge is -2.11. The summed E-state index contributed by atoms with van der Waals surface area (Å²) in [6.07, 6.45) is 3.86. The highest BCUT2D eigenvalue weighted by Gasteiger charge is 2.08. The first-order chi connectivity index (χ1) is 8.15. The van der Waals surface area contributed by atoms with Crippen LogP contribution in [0.3, 0.4) is 0 Å². The Bertz CT molecular complexity index is 360. The van der Waals surface area contributed by atoms with Gasteiger partial charge in [-0.2, -0.15) is 0 Å². The van der Waals surface area contributed by atoms with Gasteiger partial charge >= 0.3 is 0 Å². The minimum Gasteiger partial charge on any atom is -0.326 e. The normalized spacial score (nSPS) is 12.2. The average molecular weight is 233 g/mol. The molecule has 1 rings (SSSR count). The van der Waals surface area contributed by atoms with Crippen LogP contribution in [-0.2, 0) is 11.2 Å². The fraction of sp³-hybridized carbons (Fsp3) is 0.533. The van der Waals surface area contributed by atoms with Gasteiger partial charge in [-0.25, -0.2) is 0 Å². The molecule has 0 saturated heterocycles. The summed E-state index contributed by atoms with van der Waals surface area (Å²) in [4.78, 5) is 11.8. The molecule has 1 atom stereocenters. The first-order valence-electron chi connectivity index (χ1n) is 6.54. The van der Waals surface area contributed by atoms with Gasteiger partial charge in [0.1, 0.15) is 0 Å². The maximum Gasteiger partial charge on any atom is 0.224 e. The standard InChI is InChI=1S/C15H23NO/c1-4-7-12(3)10-15(17)16-14-9-6-8-13(5-2)11-14/h6,8-9,11-12H,4-5,7,10H2,1-3H3,(H,16,17). The fourth-order valence-corrected chi connectivity index (χ4v) is 1.99. The molecule has 1 amide bonds. The second-order valence-electron chi connectivity index (χ2n) is 4.70. The van der Waals surface area contributed by atoms with Crippen LogP contribution in [0.5, 0.6) is 0 Å². The molecule has 0 aromatic heterocycles. The minimum atomic E-state index is 0.124. The van der Waals surface area contributed by atoms with Crippen molar-refractivity contribution < 1.29 is 4.79 Å². The van der Waals surface area contributed by atoms with E-state index in [9.17, 15) is 4.79 Å². The molecule has 1 aromatic carbocycles. The number of amides is 1. The zero-order valence-corrected chi connectivity index (χ0v) is 11.1. The lowest BCUT2D eigenvalue weighted by Crippen LogP contribution is -2.15. The van der Waals surface area contributed by atoms with Crippen molar-refractivity contribution in [1.82, 2.24) is 0 Å². The van der Waals surface area contributed by atoms with E-state index in [4.69, 9.17) is 0 Å². The molecule has 1 N–H and O–H groups in total. The van der Waals surface area contributed by atoms with Crippen molar-refractivity contribution in [1.29, 1.82) is 0 Å². The van der Waals surface area contributed by atoms with Crippen LogP contribution in [-0.4, -0.2) is 5.91 Å². The number of nitrogens with one attached hydrogen (secondary N) is 1. The van der Waals surface area contributed by atoms with Gasteiger partial charge in [-0.05, 0) is 30.0 Å². The Hall–Kier alpha value is -1.31. The van der Waals surface area contributed by atoms with E-state index in [1.54, 1.807) is 0 Å². The number of rotatable bonds is 6. The summed E-state index contributed by atoms with van der Waals surface area (Å²) >= 11 is 0. The quantitative estimate of drug-likeness (QED) is 0.790. The SMILES string of the molecule is CCCC(C)CC(=O)Nc1cccc(CC)c1. The summed E-state index contributed by atoms with van der Waals surface area (Å²) in [5.74, 6) is 0.591. The predicted octanol–water partition coefficient (Wildman–Crippen LogP) is 4.01. The van der Waals surface area contributed by atoms with E-state index in [0.29, 0.717) is 12.3 Å². The third kappa shape index (κ3) is 5.03. The van der Waals surface area contributed by atoms with Gasteiger partial charge in [-0.1, -0.05) is 45.7 Å².